The van der Waals surface area contributed by atoms with E-state index in [0.29, 0.717) is 22.7 Å². The van der Waals surface area contributed by atoms with Crippen molar-refractivity contribution in [2.75, 3.05) is 13.1 Å². The molecular formula is C47H61N12O+. The molecule has 4 aromatic heterocycles. The number of carbonyl (C=O) groups is 1. The van der Waals surface area contributed by atoms with E-state index in [1.54, 1.807) is 0 Å². The molecule has 1 aliphatic heterocycles. The highest BCUT2D eigenvalue weighted by atomic mass is 16.2. The van der Waals surface area contributed by atoms with Gasteiger partial charge in [-0.2, -0.15) is 0 Å². The third kappa shape index (κ3) is 8.37. The predicted molar refractivity (Wildman–Crippen MR) is 235 cm³/mol. The molecule has 2 amide bonds. The zero-order chi connectivity index (χ0) is 42.0. The van der Waals surface area contributed by atoms with Crippen LogP contribution in [0.1, 0.15) is 117 Å². The fraction of sp³-hybridized carbons (Fsp3) is 0.468. The summed E-state index contributed by atoms with van der Waals surface area (Å²) in [4.78, 5) is 27.8. The largest absolute Gasteiger partial charge is 0.420 e. The molecule has 2 aromatic carbocycles. The number of aromatic nitrogens is 10. The van der Waals surface area contributed by atoms with E-state index in [1.165, 1.54) is 0 Å². The number of quaternary nitrogens is 1. The summed E-state index contributed by atoms with van der Waals surface area (Å²) in [6.07, 6.45) is 16.1. The summed E-state index contributed by atoms with van der Waals surface area (Å²) in [5, 5.41) is 29.2. The molecule has 7 rings (SSSR count). The summed E-state index contributed by atoms with van der Waals surface area (Å²) < 4.78 is 0.420. The molecule has 0 radical (unpaired) electrons. The number of unbranched alkanes of at least 4 members (excludes halogenated alkanes) is 5. The Labute approximate surface area is 354 Å². The highest BCUT2D eigenvalue weighted by molar-refractivity contribution is 5.81. The number of aryl methyl sites for hydroxylation is 1. The van der Waals surface area contributed by atoms with Gasteiger partial charge >= 0.3 is 6.03 Å². The van der Waals surface area contributed by atoms with Gasteiger partial charge in [-0.15, -0.1) is 10.2 Å². The molecular weight excluding hydrogens is 749 g/mol. The number of urea groups is 1. The van der Waals surface area contributed by atoms with Gasteiger partial charge in [0.25, 0.3) is 0 Å². The van der Waals surface area contributed by atoms with Crippen LogP contribution in [-0.2, 0) is 13.0 Å². The first-order chi connectivity index (χ1) is 29.3. The molecule has 314 valence electrons. The van der Waals surface area contributed by atoms with Crippen molar-refractivity contribution in [3.63, 3.8) is 0 Å². The smallest absolute Gasteiger partial charge is 0.281 e. The zero-order valence-electron chi connectivity index (χ0n) is 36.1. The van der Waals surface area contributed by atoms with Crippen molar-refractivity contribution in [3.8, 4) is 45.0 Å². The van der Waals surface area contributed by atoms with Crippen molar-refractivity contribution in [1.29, 1.82) is 0 Å². The van der Waals surface area contributed by atoms with Gasteiger partial charge < -0.3 is 0 Å². The van der Waals surface area contributed by atoms with Crippen LogP contribution in [0.4, 0.5) is 4.79 Å². The number of H-pyrrole nitrogens is 2. The summed E-state index contributed by atoms with van der Waals surface area (Å²) in [7, 11) is 0. The van der Waals surface area contributed by atoms with Crippen molar-refractivity contribution < 1.29 is 9.28 Å². The van der Waals surface area contributed by atoms with Crippen LogP contribution in [0, 0.1) is 0 Å². The Bertz CT molecular complexity index is 2250. The first kappa shape index (κ1) is 42.4. The Morgan fingerprint density at radius 3 is 1.63 bits per heavy atom. The Morgan fingerprint density at radius 2 is 1.15 bits per heavy atom. The molecule has 0 saturated carbocycles. The summed E-state index contributed by atoms with van der Waals surface area (Å²) in [6.45, 7) is 13.6. The van der Waals surface area contributed by atoms with E-state index in [-0.39, 0.29) is 17.1 Å². The maximum absolute atomic E-state index is 15.5. The van der Waals surface area contributed by atoms with Crippen LogP contribution in [-0.4, -0.2) is 90.8 Å². The number of aromatic amines is 2. The molecule has 2 N–H and O–H groups in total. The minimum Gasteiger partial charge on any atom is -0.281 e. The topological polar surface area (TPSA) is 155 Å². The van der Waals surface area contributed by atoms with E-state index in [9.17, 15) is 0 Å². The number of rotatable bonds is 21. The lowest BCUT2D eigenvalue weighted by molar-refractivity contribution is -0.912. The zero-order valence-corrected chi connectivity index (χ0v) is 36.1. The van der Waals surface area contributed by atoms with Gasteiger partial charge in [0.05, 0.1) is 17.8 Å². The first-order valence-electron chi connectivity index (χ1n) is 22.0. The summed E-state index contributed by atoms with van der Waals surface area (Å²) in [5.74, 6) is 1.25. The maximum atomic E-state index is 15.5. The van der Waals surface area contributed by atoms with Crippen molar-refractivity contribution in [2.24, 2.45) is 0 Å². The fourth-order valence-corrected chi connectivity index (χ4v) is 9.81. The van der Waals surface area contributed by atoms with E-state index in [1.807, 2.05) is 48.8 Å². The van der Waals surface area contributed by atoms with Gasteiger partial charge in [0, 0.05) is 59.7 Å². The molecule has 0 spiro atoms. The van der Waals surface area contributed by atoms with Crippen LogP contribution in [0.15, 0.2) is 85.2 Å². The molecule has 5 heterocycles. The molecule has 1 aliphatic rings. The number of tetrazole rings is 2. The lowest BCUT2D eigenvalue weighted by Gasteiger charge is -2.51. The Balaban J connectivity index is 1.15. The average molecular weight is 810 g/mol. The van der Waals surface area contributed by atoms with Crippen molar-refractivity contribution in [3.05, 3.63) is 96.6 Å². The summed E-state index contributed by atoms with van der Waals surface area (Å²) in [5.41, 5.74) is 7.33. The maximum Gasteiger partial charge on any atom is 0.420 e. The second-order valence-corrected chi connectivity index (χ2v) is 16.9. The lowest BCUT2D eigenvalue weighted by Crippen LogP contribution is -2.67. The van der Waals surface area contributed by atoms with Crippen molar-refractivity contribution >= 4 is 6.03 Å². The number of benzene rings is 2. The van der Waals surface area contributed by atoms with E-state index in [0.717, 1.165) is 135 Å². The quantitative estimate of drug-likeness (QED) is 0.0534. The van der Waals surface area contributed by atoms with Crippen LogP contribution in [0.25, 0.3) is 45.0 Å². The Hall–Kier alpha value is -5.69. The molecule has 1 fully saturated rings. The normalized spacial score (nSPS) is 17.1. The SMILES string of the molecule is CCCCN1C(=O)[N+](CCCCCc2ccc(-c3ccccc3-c3nnn[nH]3)cn2)(Cc2ccc(-c3ccccc3-c3nnn[nH]3)cn2)C(CCCC)(CCCC)C1(C)C. The van der Waals surface area contributed by atoms with Crippen LogP contribution in [0.2, 0.25) is 0 Å². The third-order valence-electron chi connectivity index (χ3n) is 13.1. The van der Waals surface area contributed by atoms with Gasteiger partial charge in [-0.3, -0.25) is 14.9 Å². The van der Waals surface area contributed by atoms with Crippen molar-refractivity contribution in [1.82, 2.24) is 56.1 Å². The number of nitrogens with zero attached hydrogens (tertiary/aromatic N) is 10. The average Bonchev–Trinajstić information content (AvgIpc) is 4.05. The molecule has 0 bridgehead atoms. The van der Waals surface area contributed by atoms with Gasteiger partial charge in [0.15, 0.2) is 11.6 Å². The number of nitrogens with one attached hydrogen (secondary N) is 2. The van der Waals surface area contributed by atoms with E-state index >= 15 is 4.79 Å². The van der Waals surface area contributed by atoms with Crippen LogP contribution < -0.4 is 0 Å². The number of amides is 2. The van der Waals surface area contributed by atoms with Gasteiger partial charge in [-0.1, -0.05) is 101 Å². The fourth-order valence-electron chi connectivity index (χ4n) is 9.81. The second-order valence-electron chi connectivity index (χ2n) is 16.9. The Morgan fingerprint density at radius 1 is 0.617 bits per heavy atom. The van der Waals surface area contributed by atoms with Gasteiger partial charge in [-0.25, -0.2) is 19.5 Å². The summed E-state index contributed by atoms with van der Waals surface area (Å²) >= 11 is 0. The number of pyridine rings is 2. The van der Waals surface area contributed by atoms with Gasteiger partial charge in [-0.05, 0) is 103 Å². The molecule has 13 heteroatoms. The second kappa shape index (κ2) is 19.1. The number of carbonyl (C=O) groups excluding carboxylic acids is 1. The van der Waals surface area contributed by atoms with Gasteiger partial charge in [0.1, 0.15) is 12.1 Å². The summed E-state index contributed by atoms with van der Waals surface area (Å²) in [6, 6.07) is 25.0. The minimum absolute atomic E-state index is 0.258. The van der Waals surface area contributed by atoms with E-state index in [4.69, 9.17) is 9.97 Å². The van der Waals surface area contributed by atoms with E-state index in [2.05, 4.69) is 117 Å². The van der Waals surface area contributed by atoms with E-state index < -0.39 is 0 Å². The molecule has 1 atom stereocenters. The molecule has 1 saturated heterocycles. The van der Waals surface area contributed by atoms with Gasteiger partial charge in [0.2, 0.25) is 0 Å². The molecule has 0 aliphatic carbocycles. The highest BCUT2D eigenvalue weighted by Crippen LogP contribution is 2.54. The van der Waals surface area contributed by atoms with Crippen LogP contribution in [0.3, 0.4) is 0 Å². The Kier molecular flexibility index (Phi) is 13.5. The molecule has 1 unspecified atom stereocenters. The highest BCUT2D eigenvalue weighted by Gasteiger charge is 2.72. The van der Waals surface area contributed by atoms with Crippen molar-refractivity contribution in [2.45, 2.75) is 129 Å². The standard InChI is InChI=1S/C47H61N12O/c1-6-9-28-47(29-10-7-2)46(4,5)58(30-11-8-3)45(60)59(47,34-38-27-25-36(33-49-38)40-21-15-17-23-42(40)44-52-56-57-53-44)31-18-12-13-19-37-26-24-35(32-48-37)39-20-14-16-22-41(39)43-50-54-55-51-43/h14-17,20-27,32-33H,6-13,18-19,28-31,34H2,1-5H3,(H,50,51,54,55)(H,52,53,56,57)/q+1. The number of hydrogen-bond acceptors (Lipinski definition) is 9. The molecule has 6 aromatic rings. The van der Waals surface area contributed by atoms with Crippen LogP contribution >= 0.6 is 0 Å². The monoisotopic (exact) mass is 810 g/mol. The first-order valence-corrected chi connectivity index (χ1v) is 22.0. The molecule has 13 nitrogen and oxygen atoms in total. The number of hydrogen-bond donors (Lipinski definition) is 2. The van der Waals surface area contributed by atoms with Crippen LogP contribution in [0.5, 0.6) is 0 Å². The predicted octanol–water partition coefficient (Wildman–Crippen LogP) is 10.0. The minimum atomic E-state index is -0.318. The molecule has 60 heavy (non-hydrogen) atoms. The third-order valence-corrected chi connectivity index (χ3v) is 13.1. The lowest BCUT2D eigenvalue weighted by atomic mass is 9.70.